The largest absolute Gasteiger partial charge is 0.508 e. The average Bonchev–Trinajstić information content (AvgIpc) is 3.52. The van der Waals surface area contributed by atoms with Crippen LogP contribution < -0.4 is 9.47 Å². The molecule has 0 aromatic heterocycles. The fourth-order valence-corrected chi connectivity index (χ4v) is 6.20. The smallest absolute Gasteiger partial charge is 0.331 e. The molecule has 0 bridgehead atoms. The van der Waals surface area contributed by atoms with Crippen molar-refractivity contribution in [1.82, 2.24) is 0 Å². The number of hydrogen-bond acceptors (Lipinski definition) is 20. The van der Waals surface area contributed by atoms with Gasteiger partial charge in [-0.25, -0.2) is 14.4 Å². The van der Waals surface area contributed by atoms with E-state index in [1.807, 2.05) is 0 Å². The number of aromatic hydroxyl groups is 3. The average molecular weight is 883 g/mol. The van der Waals surface area contributed by atoms with E-state index in [4.69, 9.17) is 42.6 Å². The van der Waals surface area contributed by atoms with Crippen LogP contribution in [0.25, 0.3) is 18.2 Å². The Hall–Kier alpha value is -6.52. The molecule has 3 aromatic rings. The molecular formula is C43H46O20. The number of carbonyl (C=O) groups is 4. The van der Waals surface area contributed by atoms with Crippen LogP contribution in [0.15, 0.2) is 78.9 Å². The van der Waals surface area contributed by atoms with Crippen LogP contribution >= 0.6 is 0 Å². The van der Waals surface area contributed by atoms with Gasteiger partial charge >= 0.3 is 23.9 Å². The highest BCUT2D eigenvalue weighted by Crippen LogP contribution is 2.39. The number of methoxy groups -OCH3 is 2. The van der Waals surface area contributed by atoms with Gasteiger partial charge in [0, 0.05) is 25.2 Å². The number of esters is 4. The predicted molar refractivity (Wildman–Crippen MR) is 214 cm³/mol. The highest BCUT2D eigenvalue weighted by molar-refractivity contribution is 5.88. The van der Waals surface area contributed by atoms with Gasteiger partial charge in [-0.15, -0.1) is 0 Å². The van der Waals surface area contributed by atoms with Crippen molar-refractivity contribution in [3.63, 3.8) is 0 Å². The minimum Gasteiger partial charge on any atom is -0.508 e. The van der Waals surface area contributed by atoms with E-state index in [-0.39, 0.29) is 28.7 Å². The maximum atomic E-state index is 13.4. The van der Waals surface area contributed by atoms with Gasteiger partial charge in [0.2, 0.25) is 5.79 Å². The Kier molecular flexibility index (Phi) is 16.2. The predicted octanol–water partition coefficient (Wildman–Crippen LogP) is 1.10. The Morgan fingerprint density at radius 2 is 1.16 bits per heavy atom. The molecule has 2 saturated heterocycles. The molecule has 0 unspecified atom stereocenters. The van der Waals surface area contributed by atoms with Gasteiger partial charge in [0.15, 0.2) is 35.4 Å². The molecule has 5 rings (SSSR count). The molecule has 0 spiro atoms. The Morgan fingerprint density at radius 1 is 0.635 bits per heavy atom. The van der Waals surface area contributed by atoms with Crippen molar-refractivity contribution < 1.29 is 97.6 Å². The summed E-state index contributed by atoms with van der Waals surface area (Å²) >= 11 is 0. The molecule has 20 heteroatoms. The fraction of sp³-hybridized carbons (Fsp3) is 0.349. The van der Waals surface area contributed by atoms with Crippen molar-refractivity contribution in [2.45, 2.75) is 61.7 Å². The zero-order valence-electron chi connectivity index (χ0n) is 33.9. The van der Waals surface area contributed by atoms with Crippen molar-refractivity contribution in [2.75, 3.05) is 34.0 Å². The van der Waals surface area contributed by atoms with Crippen LogP contribution in [0.5, 0.6) is 28.7 Å². The SMILES string of the molecule is COc1cc(/C=C/C(=O)OC[C@H]2O[C@@](COC(=O)/C=C/c3ccc(O)c(OC)c3)(O[C@H]3O[C@H](COC(C)=O)[C@@H](O)[C@H](O)[C@H]3O)[C@@H](OC(=O)/C=C/c3ccc(O)cc3)[C@@H]2O)ccc1O. The highest BCUT2D eigenvalue weighted by Gasteiger charge is 2.62. The summed E-state index contributed by atoms with van der Waals surface area (Å²) in [6, 6.07) is 14.1. The molecule has 9 atom stereocenters. The monoisotopic (exact) mass is 882 g/mol. The van der Waals surface area contributed by atoms with Gasteiger partial charge in [0.1, 0.15) is 62.2 Å². The Balaban J connectivity index is 1.47. The molecule has 338 valence electrons. The number of aliphatic hydroxyl groups excluding tert-OH is 4. The van der Waals surface area contributed by atoms with Crippen LogP contribution in [-0.2, 0) is 52.3 Å². The number of rotatable bonds is 17. The molecule has 7 N–H and O–H groups in total. The summed E-state index contributed by atoms with van der Waals surface area (Å²) < 4.78 is 49.5. The third-order valence-corrected chi connectivity index (χ3v) is 9.50. The fourth-order valence-electron chi connectivity index (χ4n) is 6.20. The normalized spacial score (nSPS) is 25.8. The maximum absolute atomic E-state index is 13.4. The van der Waals surface area contributed by atoms with E-state index in [0.29, 0.717) is 16.7 Å². The first kappa shape index (κ1) is 47.5. The van der Waals surface area contributed by atoms with E-state index in [0.717, 1.165) is 25.2 Å². The van der Waals surface area contributed by atoms with Gasteiger partial charge in [-0.1, -0.05) is 24.3 Å². The summed E-state index contributed by atoms with van der Waals surface area (Å²) in [5.74, 6) is -6.72. The van der Waals surface area contributed by atoms with Crippen LogP contribution in [0.2, 0.25) is 0 Å². The molecule has 3 aromatic carbocycles. The second-order valence-electron chi connectivity index (χ2n) is 13.9. The minimum absolute atomic E-state index is 0.0438. The number of hydrogen-bond donors (Lipinski definition) is 7. The Labute approximate surface area is 359 Å². The van der Waals surface area contributed by atoms with Gasteiger partial charge in [-0.3, -0.25) is 4.79 Å². The lowest BCUT2D eigenvalue weighted by atomic mass is 9.98. The third-order valence-electron chi connectivity index (χ3n) is 9.50. The van der Waals surface area contributed by atoms with Crippen molar-refractivity contribution in [1.29, 1.82) is 0 Å². The van der Waals surface area contributed by atoms with E-state index in [1.165, 1.54) is 93.1 Å². The molecule has 20 nitrogen and oxygen atoms in total. The highest BCUT2D eigenvalue weighted by atomic mass is 16.8. The molecule has 0 amide bonds. The van der Waals surface area contributed by atoms with Crippen molar-refractivity contribution in [3.05, 3.63) is 95.6 Å². The summed E-state index contributed by atoms with van der Waals surface area (Å²) in [4.78, 5) is 51.1. The van der Waals surface area contributed by atoms with Gasteiger partial charge < -0.3 is 78.4 Å². The van der Waals surface area contributed by atoms with Gasteiger partial charge in [0.05, 0.1) is 14.2 Å². The van der Waals surface area contributed by atoms with Crippen LogP contribution in [-0.4, -0.2) is 148 Å². The molecule has 2 fully saturated rings. The van der Waals surface area contributed by atoms with Crippen molar-refractivity contribution >= 4 is 42.1 Å². The summed E-state index contributed by atoms with van der Waals surface area (Å²) in [6.07, 6.45) is -8.25. The number of phenolic OH excluding ortho intramolecular Hbond substituents is 3. The number of benzene rings is 3. The molecule has 0 aliphatic carbocycles. The third kappa shape index (κ3) is 12.5. The summed E-state index contributed by atoms with van der Waals surface area (Å²) in [7, 11) is 2.66. The van der Waals surface area contributed by atoms with Crippen molar-refractivity contribution in [3.8, 4) is 28.7 Å². The second-order valence-corrected chi connectivity index (χ2v) is 13.9. The number of phenols is 3. The van der Waals surface area contributed by atoms with E-state index in [9.17, 15) is 54.9 Å². The van der Waals surface area contributed by atoms with E-state index in [2.05, 4.69) is 0 Å². The van der Waals surface area contributed by atoms with Crippen LogP contribution in [0.3, 0.4) is 0 Å². The molecule has 2 aliphatic heterocycles. The second kappa shape index (κ2) is 21.5. The minimum atomic E-state index is -2.66. The molecular weight excluding hydrogens is 836 g/mol. The van der Waals surface area contributed by atoms with Crippen LogP contribution in [0.1, 0.15) is 23.6 Å². The van der Waals surface area contributed by atoms with E-state index < -0.39 is 98.5 Å². The maximum Gasteiger partial charge on any atom is 0.331 e. The molecule has 0 saturated carbocycles. The van der Waals surface area contributed by atoms with E-state index >= 15 is 0 Å². The first-order chi connectivity index (χ1) is 30.0. The van der Waals surface area contributed by atoms with Crippen molar-refractivity contribution in [2.24, 2.45) is 0 Å². The molecule has 2 aliphatic rings. The quantitative estimate of drug-likeness (QED) is 0.0567. The van der Waals surface area contributed by atoms with Gasteiger partial charge in [-0.05, 0) is 71.3 Å². The Morgan fingerprint density at radius 3 is 1.73 bits per heavy atom. The van der Waals surface area contributed by atoms with Crippen LogP contribution in [0, 0.1) is 0 Å². The van der Waals surface area contributed by atoms with E-state index in [1.54, 1.807) is 0 Å². The lowest BCUT2D eigenvalue weighted by Crippen LogP contribution is -2.63. The number of ether oxygens (including phenoxy) is 9. The topological polar surface area (TPSA) is 293 Å². The van der Waals surface area contributed by atoms with Gasteiger partial charge in [-0.2, -0.15) is 0 Å². The Bertz CT molecular complexity index is 2170. The van der Waals surface area contributed by atoms with Gasteiger partial charge in [0.25, 0.3) is 0 Å². The number of carbonyl (C=O) groups excluding carboxylic acids is 4. The molecule has 0 radical (unpaired) electrons. The lowest BCUT2D eigenvalue weighted by Gasteiger charge is -2.43. The first-order valence-corrected chi connectivity index (χ1v) is 19.0. The summed E-state index contributed by atoms with van der Waals surface area (Å²) in [5, 5.41) is 73.7. The molecule has 2 heterocycles. The summed E-state index contributed by atoms with van der Waals surface area (Å²) in [5.41, 5.74) is 1.26. The van der Waals surface area contributed by atoms with Crippen LogP contribution in [0.4, 0.5) is 0 Å². The summed E-state index contributed by atoms with van der Waals surface area (Å²) in [6.45, 7) is -1.38. The number of aliphatic hydroxyl groups is 4. The standard InChI is InChI=1S/C43H46O20/c1-23(44)57-20-32-37(51)39(53)40(54)42(60-32)63-43(22-59-35(49)16-10-26-7-14-29(47)31(19-26)56-3)41(61-36(50)17-8-24-4-11-27(45)12-5-24)38(52)33(62-43)21-58-34(48)15-9-25-6-13-28(46)30(18-25)55-2/h4-19,32-33,37-42,45-47,51-54H,20-22H2,1-3H3/b15-9+,16-10+,17-8+/t32-,33-,37-,38-,39+,40-,41+,42-,43+/m1/s1. The zero-order chi connectivity index (χ0) is 45.8. The zero-order valence-corrected chi connectivity index (χ0v) is 33.9. The first-order valence-electron chi connectivity index (χ1n) is 19.0. The molecule has 63 heavy (non-hydrogen) atoms. The lowest BCUT2D eigenvalue weighted by molar-refractivity contribution is -0.383.